The van der Waals surface area contributed by atoms with E-state index in [1.807, 2.05) is 50.2 Å². The van der Waals surface area contributed by atoms with E-state index in [0.717, 1.165) is 27.2 Å². The molecule has 27 heavy (non-hydrogen) atoms. The van der Waals surface area contributed by atoms with Crippen molar-refractivity contribution in [3.05, 3.63) is 48.0 Å². The molecule has 2 N–H and O–H groups in total. The van der Waals surface area contributed by atoms with E-state index in [1.54, 1.807) is 0 Å². The summed E-state index contributed by atoms with van der Waals surface area (Å²) >= 11 is 2.93. The average molecular weight is 400 g/mol. The maximum atomic E-state index is 12.2. The van der Waals surface area contributed by atoms with Gasteiger partial charge in [-0.15, -0.1) is 11.8 Å². The number of carbonyl (C=O) groups is 2. The summed E-state index contributed by atoms with van der Waals surface area (Å²) in [6.07, 6.45) is 1.34. The van der Waals surface area contributed by atoms with Crippen molar-refractivity contribution in [1.82, 2.24) is 4.98 Å². The Morgan fingerprint density at radius 3 is 2.59 bits per heavy atom. The van der Waals surface area contributed by atoms with Gasteiger partial charge in [0.1, 0.15) is 0 Å². The van der Waals surface area contributed by atoms with Crippen molar-refractivity contribution >= 4 is 55.9 Å². The number of thiazole rings is 1. The number of benzene rings is 2. The molecule has 0 atom stereocenters. The van der Waals surface area contributed by atoms with Crippen LogP contribution in [0.1, 0.15) is 25.3 Å². The Bertz CT molecular complexity index is 952. The molecule has 7 heteroatoms. The fourth-order valence-corrected chi connectivity index (χ4v) is 4.15. The minimum Gasteiger partial charge on any atom is -0.326 e. The second-order valence-electron chi connectivity index (χ2n) is 6.15. The number of hydrogen-bond acceptors (Lipinski definition) is 5. The monoisotopic (exact) mass is 399 g/mol. The molecule has 0 saturated heterocycles. The van der Waals surface area contributed by atoms with Crippen molar-refractivity contribution in [3.63, 3.8) is 0 Å². The van der Waals surface area contributed by atoms with Gasteiger partial charge in [0.05, 0.1) is 16.0 Å². The summed E-state index contributed by atoms with van der Waals surface area (Å²) < 4.78 is 1.07. The first-order chi connectivity index (χ1) is 13.0. The smallest absolute Gasteiger partial charge is 0.236 e. The Kier molecular flexibility index (Phi) is 6.47. The molecule has 0 unspecified atom stereocenters. The number of amides is 2. The third-order valence-electron chi connectivity index (χ3n) is 3.78. The van der Waals surface area contributed by atoms with E-state index in [1.165, 1.54) is 28.7 Å². The molecule has 0 aliphatic carbocycles. The fraction of sp³-hybridized carbons (Fsp3) is 0.250. The van der Waals surface area contributed by atoms with E-state index in [4.69, 9.17) is 0 Å². The lowest BCUT2D eigenvalue weighted by Crippen LogP contribution is -2.13. The Balaban J connectivity index is 1.51. The minimum absolute atomic E-state index is 0.0170. The molecule has 1 heterocycles. The number of hydrogen-bond donors (Lipinski definition) is 2. The maximum Gasteiger partial charge on any atom is 0.236 e. The highest BCUT2D eigenvalue weighted by Crippen LogP contribution is 2.27. The molecular formula is C20H21N3O2S2. The van der Waals surface area contributed by atoms with E-state index in [9.17, 15) is 9.59 Å². The second-order valence-corrected chi connectivity index (χ2v) is 8.23. The zero-order chi connectivity index (χ0) is 19.2. The lowest BCUT2D eigenvalue weighted by atomic mass is 10.2. The Morgan fingerprint density at radius 1 is 1.07 bits per heavy atom. The number of aromatic nitrogens is 1. The van der Waals surface area contributed by atoms with Crippen LogP contribution in [0.2, 0.25) is 0 Å². The maximum absolute atomic E-state index is 12.2. The van der Waals surface area contributed by atoms with Gasteiger partial charge in [0.25, 0.3) is 0 Å². The van der Waals surface area contributed by atoms with Crippen LogP contribution in [-0.2, 0) is 9.59 Å². The Labute approximate surface area is 166 Å². The van der Waals surface area contributed by atoms with Crippen molar-refractivity contribution in [2.24, 2.45) is 0 Å². The molecular weight excluding hydrogens is 378 g/mol. The summed E-state index contributed by atoms with van der Waals surface area (Å²) in [5.41, 5.74) is 2.84. The SMILES string of the molecule is CCCC(=O)Nc1ccc(SCC(=O)Nc2nc3ccc(C)cc3s2)cc1. The number of nitrogens with zero attached hydrogens (tertiary/aromatic N) is 1. The van der Waals surface area contributed by atoms with Gasteiger partial charge in [-0.05, 0) is 55.3 Å². The molecule has 0 fully saturated rings. The zero-order valence-electron chi connectivity index (χ0n) is 15.2. The van der Waals surface area contributed by atoms with Crippen LogP contribution in [-0.4, -0.2) is 22.6 Å². The van der Waals surface area contributed by atoms with E-state index in [-0.39, 0.29) is 11.8 Å². The van der Waals surface area contributed by atoms with Crippen molar-refractivity contribution < 1.29 is 9.59 Å². The van der Waals surface area contributed by atoms with Gasteiger partial charge >= 0.3 is 0 Å². The van der Waals surface area contributed by atoms with E-state index >= 15 is 0 Å². The number of thioether (sulfide) groups is 1. The normalized spacial score (nSPS) is 10.7. The predicted molar refractivity (Wildman–Crippen MR) is 114 cm³/mol. The molecule has 0 aliphatic rings. The summed E-state index contributed by atoms with van der Waals surface area (Å²) in [6, 6.07) is 13.6. The summed E-state index contributed by atoms with van der Waals surface area (Å²) in [5.74, 6) is 0.232. The molecule has 0 bridgehead atoms. The summed E-state index contributed by atoms with van der Waals surface area (Å²) in [6.45, 7) is 4.01. The van der Waals surface area contributed by atoms with Crippen LogP contribution >= 0.6 is 23.1 Å². The summed E-state index contributed by atoms with van der Waals surface area (Å²) in [5, 5.41) is 6.33. The third-order valence-corrected chi connectivity index (χ3v) is 5.72. The molecule has 0 saturated carbocycles. The van der Waals surface area contributed by atoms with Crippen LogP contribution < -0.4 is 10.6 Å². The van der Waals surface area contributed by atoms with Gasteiger partial charge in [0.15, 0.2) is 5.13 Å². The third kappa shape index (κ3) is 5.55. The first kappa shape index (κ1) is 19.4. The number of rotatable bonds is 7. The van der Waals surface area contributed by atoms with Gasteiger partial charge in [-0.1, -0.05) is 24.3 Å². The van der Waals surface area contributed by atoms with Gasteiger partial charge in [-0.3, -0.25) is 9.59 Å². The number of aryl methyl sites for hydroxylation is 1. The Hall–Kier alpha value is -2.38. The van der Waals surface area contributed by atoms with E-state index in [0.29, 0.717) is 17.3 Å². The second kappa shape index (κ2) is 9.01. The first-order valence-electron chi connectivity index (χ1n) is 8.73. The molecule has 3 aromatic rings. The number of carbonyl (C=O) groups excluding carboxylic acids is 2. The van der Waals surface area contributed by atoms with Gasteiger partial charge < -0.3 is 10.6 Å². The molecule has 140 valence electrons. The van der Waals surface area contributed by atoms with Crippen LogP contribution in [0.4, 0.5) is 10.8 Å². The molecule has 5 nitrogen and oxygen atoms in total. The van der Waals surface area contributed by atoms with Crippen molar-refractivity contribution in [1.29, 1.82) is 0 Å². The first-order valence-corrected chi connectivity index (χ1v) is 10.5. The average Bonchev–Trinajstić information content (AvgIpc) is 3.02. The van der Waals surface area contributed by atoms with Crippen LogP contribution in [0.25, 0.3) is 10.2 Å². The highest BCUT2D eigenvalue weighted by atomic mass is 32.2. The van der Waals surface area contributed by atoms with Gasteiger partial charge in [0, 0.05) is 17.0 Å². The lowest BCUT2D eigenvalue weighted by Gasteiger charge is -2.06. The van der Waals surface area contributed by atoms with Gasteiger partial charge in [-0.25, -0.2) is 4.98 Å². The van der Waals surface area contributed by atoms with Gasteiger partial charge in [-0.2, -0.15) is 0 Å². The number of nitrogens with one attached hydrogen (secondary N) is 2. The molecule has 0 radical (unpaired) electrons. The highest BCUT2D eigenvalue weighted by molar-refractivity contribution is 8.00. The topological polar surface area (TPSA) is 71.1 Å². The number of fused-ring (bicyclic) bond motifs is 1. The largest absolute Gasteiger partial charge is 0.326 e. The summed E-state index contributed by atoms with van der Waals surface area (Å²) in [4.78, 5) is 29.2. The summed E-state index contributed by atoms with van der Waals surface area (Å²) in [7, 11) is 0. The standard InChI is InChI=1S/C20H21N3O2S2/c1-3-4-18(24)21-14-6-8-15(9-7-14)26-12-19(25)23-20-22-16-10-5-13(2)11-17(16)27-20/h5-11H,3-4,12H2,1-2H3,(H,21,24)(H,22,23,25). The molecule has 2 amide bonds. The van der Waals surface area contributed by atoms with Crippen LogP contribution in [0, 0.1) is 6.92 Å². The molecule has 0 aliphatic heterocycles. The molecule has 0 spiro atoms. The van der Waals surface area contributed by atoms with E-state index in [2.05, 4.69) is 21.7 Å². The van der Waals surface area contributed by atoms with Crippen LogP contribution in [0.15, 0.2) is 47.4 Å². The Morgan fingerprint density at radius 2 is 1.85 bits per heavy atom. The fourth-order valence-electron chi connectivity index (χ4n) is 2.47. The highest BCUT2D eigenvalue weighted by Gasteiger charge is 2.09. The zero-order valence-corrected chi connectivity index (χ0v) is 16.9. The van der Waals surface area contributed by atoms with Crippen LogP contribution in [0.5, 0.6) is 0 Å². The van der Waals surface area contributed by atoms with E-state index < -0.39 is 0 Å². The van der Waals surface area contributed by atoms with Crippen LogP contribution in [0.3, 0.4) is 0 Å². The van der Waals surface area contributed by atoms with Crippen molar-refractivity contribution in [2.45, 2.75) is 31.6 Å². The molecule has 3 rings (SSSR count). The predicted octanol–water partition coefficient (Wildman–Crippen LogP) is 5.07. The minimum atomic E-state index is -0.0869. The van der Waals surface area contributed by atoms with Crippen molar-refractivity contribution in [3.8, 4) is 0 Å². The number of anilines is 2. The van der Waals surface area contributed by atoms with Crippen molar-refractivity contribution in [2.75, 3.05) is 16.4 Å². The molecule has 2 aromatic carbocycles. The molecule has 1 aromatic heterocycles. The van der Waals surface area contributed by atoms with Gasteiger partial charge in [0.2, 0.25) is 11.8 Å². The lowest BCUT2D eigenvalue weighted by molar-refractivity contribution is -0.116. The quantitative estimate of drug-likeness (QED) is 0.544.